The second-order valence-corrected chi connectivity index (χ2v) is 1.83. The van der Waals surface area contributed by atoms with Crippen LogP contribution in [0.3, 0.4) is 0 Å². The molecule has 0 saturated heterocycles. The zero-order valence-electron chi connectivity index (χ0n) is 5.98. The van der Waals surface area contributed by atoms with Crippen molar-refractivity contribution in [1.82, 2.24) is 0 Å². The van der Waals surface area contributed by atoms with Gasteiger partial charge in [-0.15, -0.1) is 0 Å². The lowest BCUT2D eigenvalue weighted by molar-refractivity contribution is 0.828. The van der Waals surface area contributed by atoms with Crippen LogP contribution in [0.4, 0.5) is 0 Å². The molecule has 0 aromatic heterocycles. The molecule has 0 saturated carbocycles. The summed E-state index contributed by atoms with van der Waals surface area (Å²) in [5.41, 5.74) is 0. The van der Waals surface area contributed by atoms with Gasteiger partial charge in [0.2, 0.25) is 0 Å². The molecule has 9 heavy (non-hydrogen) atoms. The molecule has 0 aliphatic carbocycles. The third-order valence-electron chi connectivity index (χ3n) is 0.959. The normalized spacial score (nSPS) is 9.11. The van der Waals surface area contributed by atoms with Gasteiger partial charge in [0.1, 0.15) is 0 Å². The van der Waals surface area contributed by atoms with Crippen LogP contribution in [0.1, 0.15) is 26.2 Å². The first-order chi connectivity index (χ1) is 4.41. The lowest BCUT2D eigenvalue weighted by atomic mass is 10.2. The minimum atomic E-state index is 1.01. The first-order valence-electron chi connectivity index (χ1n) is 3.34. The van der Waals surface area contributed by atoms with Crippen molar-refractivity contribution in [2.45, 2.75) is 26.2 Å². The van der Waals surface area contributed by atoms with E-state index in [0.717, 1.165) is 6.42 Å². The maximum absolute atomic E-state index is 3.52. The molecule has 0 aromatic carbocycles. The molecule has 0 bridgehead atoms. The van der Waals surface area contributed by atoms with Crippen LogP contribution in [0.2, 0.25) is 0 Å². The molecule has 0 aromatic rings. The smallest absolute Gasteiger partial charge is 0.00921 e. The van der Waals surface area contributed by atoms with Gasteiger partial charge in [-0.25, -0.2) is 0 Å². The van der Waals surface area contributed by atoms with E-state index in [2.05, 4.69) is 25.7 Å². The first-order valence-corrected chi connectivity index (χ1v) is 3.34. The van der Waals surface area contributed by atoms with Crippen LogP contribution in [0, 0.1) is 18.8 Å². The van der Waals surface area contributed by atoms with Gasteiger partial charge in [-0.05, 0) is 19.4 Å². The van der Waals surface area contributed by atoms with Crippen LogP contribution >= 0.6 is 0 Å². The summed E-state index contributed by atoms with van der Waals surface area (Å²) < 4.78 is 0. The molecular weight excluding hydrogens is 108 g/mol. The van der Waals surface area contributed by atoms with Gasteiger partial charge in [0.15, 0.2) is 0 Å². The Kier molecular flexibility index (Phi) is 6.73. The Morgan fingerprint density at radius 3 is 2.89 bits per heavy atom. The van der Waals surface area contributed by atoms with E-state index in [1.54, 1.807) is 12.2 Å². The predicted octanol–water partition coefficient (Wildman–Crippen LogP) is 2.57. The fourth-order valence-corrected chi connectivity index (χ4v) is 0.455. The lowest BCUT2D eigenvalue weighted by Gasteiger charge is -1.81. The second kappa shape index (κ2) is 7.30. The highest BCUT2D eigenvalue weighted by atomic mass is 13.8. The molecule has 0 aliphatic heterocycles. The highest BCUT2D eigenvalue weighted by Gasteiger charge is 1.73. The Bertz CT molecular complexity index is 121. The topological polar surface area (TPSA) is 0 Å². The van der Waals surface area contributed by atoms with E-state index in [0.29, 0.717) is 0 Å². The zero-order valence-corrected chi connectivity index (χ0v) is 5.98. The molecule has 1 radical (unpaired) electrons. The van der Waals surface area contributed by atoms with E-state index in [9.17, 15) is 0 Å². The van der Waals surface area contributed by atoms with Gasteiger partial charge < -0.3 is 0 Å². The average molecular weight is 121 g/mol. The van der Waals surface area contributed by atoms with E-state index in [4.69, 9.17) is 0 Å². The van der Waals surface area contributed by atoms with E-state index >= 15 is 0 Å². The first kappa shape index (κ1) is 8.30. The minimum absolute atomic E-state index is 1.01. The summed E-state index contributed by atoms with van der Waals surface area (Å²) in [4.78, 5) is 0. The second-order valence-electron chi connectivity index (χ2n) is 1.83. The molecule has 0 fully saturated rings. The number of unbranched alkanes of at least 4 members (excludes halogenated alkanes) is 2. The molecule has 0 amide bonds. The van der Waals surface area contributed by atoms with Crippen molar-refractivity contribution in [3.63, 3.8) is 0 Å². The fraction of sp³-hybridized carbons (Fsp3) is 0.444. The van der Waals surface area contributed by atoms with Crippen LogP contribution < -0.4 is 0 Å². The SMILES string of the molecule is [CH2]C=CC#CCCCC. The van der Waals surface area contributed by atoms with Gasteiger partial charge in [-0.3, -0.25) is 0 Å². The van der Waals surface area contributed by atoms with Crippen molar-refractivity contribution in [1.29, 1.82) is 0 Å². The van der Waals surface area contributed by atoms with Crippen molar-refractivity contribution in [2.75, 3.05) is 0 Å². The van der Waals surface area contributed by atoms with Gasteiger partial charge >= 0.3 is 0 Å². The predicted molar refractivity (Wildman–Crippen MR) is 41.8 cm³/mol. The van der Waals surface area contributed by atoms with Gasteiger partial charge in [0.05, 0.1) is 0 Å². The molecule has 0 unspecified atom stereocenters. The Hall–Kier alpha value is -0.700. The van der Waals surface area contributed by atoms with E-state index in [1.165, 1.54) is 12.8 Å². The highest BCUT2D eigenvalue weighted by Crippen LogP contribution is 1.89. The minimum Gasteiger partial charge on any atom is -0.0985 e. The lowest BCUT2D eigenvalue weighted by Crippen LogP contribution is -1.65. The van der Waals surface area contributed by atoms with E-state index in [-0.39, 0.29) is 0 Å². The molecule has 0 aliphatic rings. The summed E-state index contributed by atoms with van der Waals surface area (Å²) >= 11 is 0. The largest absolute Gasteiger partial charge is 0.0985 e. The van der Waals surface area contributed by atoms with Crippen LogP contribution in [-0.2, 0) is 0 Å². The molecule has 0 rings (SSSR count). The van der Waals surface area contributed by atoms with Crippen molar-refractivity contribution in [3.05, 3.63) is 19.1 Å². The van der Waals surface area contributed by atoms with Crippen LogP contribution in [-0.4, -0.2) is 0 Å². The van der Waals surface area contributed by atoms with Gasteiger partial charge in [-0.2, -0.15) is 0 Å². The van der Waals surface area contributed by atoms with Crippen LogP contribution in [0.5, 0.6) is 0 Å². The zero-order chi connectivity index (χ0) is 6.95. The summed E-state index contributed by atoms with van der Waals surface area (Å²) in [6, 6.07) is 0. The number of allylic oxidation sites excluding steroid dienone is 2. The summed E-state index contributed by atoms with van der Waals surface area (Å²) in [5, 5.41) is 0. The molecule has 0 N–H and O–H groups in total. The quantitative estimate of drug-likeness (QED) is 0.389. The third kappa shape index (κ3) is 7.30. The summed E-state index contributed by atoms with van der Waals surface area (Å²) in [5.74, 6) is 5.89. The van der Waals surface area contributed by atoms with Gasteiger partial charge in [-0.1, -0.05) is 31.3 Å². The molecule has 0 atom stereocenters. The van der Waals surface area contributed by atoms with Crippen molar-refractivity contribution in [2.24, 2.45) is 0 Å². The Morgan fingerprint density at radius 2 is 2.33 bits per heavy atom. The number of rotatable bonds is 2. The Morgan fingerprint density at radius 1 is 1.56 bits per heavy atom. The molecule has 0 nitrogen and oxygen atoms in total. The number of hydrogen-bond donors (Lipinski definition) is 0. The third-order valence-corrected chi connectivity index (χ3v) is 0.959. The molecular formula is C9H13. The fourth-order valence-electron chi connectivity index (χ4n) is 0.455. The Balaban J connectivity index is 3.16. The summed E-state index contributed by atoms with van der Waals surface area (Å²) in [6.07, 6.45) is 6.93. The van der Waals surface area contributed by atoms with Gasteiger partial charge in [0, 0.05) is 6.42 Å². The number of hydrogen-bond acceptors (Lipinski definition) is 0. The maximum atomic E-state index is 3.52. The summed E-state index contributed by atoms with van der Waals surface area (Å²) in [6.45, 7) is 5.69. The van der Waals surface area contributed by atoms with Gasteiger partial charge in [0.25, 0.3) is 0 Å². The standard InChI is InChI=1S/C9H13/c1-3-5-7-9-8-6-4-2/h3,5H,1,4,6,8H2,2H3. The molecule has 0 heteroatoms. The molecule has 49 valence electrons. The maximum Gasteiger partial charge on any atom is 0.00921 e. The Labute approximate surface area is 58.0 Å². The van der Waals surface area contributed by atoms with E-state index in [1.807, 2.05) is 0 Å². The highest BCUT2D eigenvalue weighted by molar-refractivity contribution is 5.15. The monoisotopic (exact) mass is 121 g/mol. The van der Waals surface area contributed by atoms with Crippen molar-refractivity contribution < 1.29 is 0 Å². The van der Waals surface area contributed by atoms with Crippen molar-refractivity contribution >= 4 is 0 Å². The molecule has 0 heterocycles. The molecule has 0 spiro atoms. The average Bonchev–Trinajstić information content (AvgIpc) is 1.89. The van der Waals surface area contributed by atoms with Crippen LogP contribution in [0.25, 0.3) is 0 Å². The van der Waals surface area contributed by atoms with Crippen LogP contribution in [0.15, 0.2) is 12.2 Å². The summed E-state index contributed by atoms with van der Waals surface area (Å²) in [7, 11) is 0. The van der Waals surface area contributed by atoms with Crippen molar-refractivity contribution in [3.8, 4) is 11.8 Å². The van der Waals surface area contributed by atoms with E-state index < -0.39 is 0 Å².